The molecule has 0 radical (unpaired) electrons. The number of benzene rings is 1. The monoisotopic (exact) mass is 347 g/mol. The second-order valence-corrected chi connectivity index (χ2v) is 7.21. The first-order valence-corrected chi connectivity index (χ1v) is 8.74. The van der Waals surface area contributed by atoms with Crippen LogP contribution in [0.2, 0.25) is 0 Å². The number of aliphatic carboxylic acids is 1. The number of amides is 1. The minimum atomic E-state index is -0.778. The molecule has 1 N–H and O–H groups in total. The van der Waals surface area contributed by atoms with Crippen molar-refractivity contribution < 1.29 is 14.7 Å². The van der Waals surface area contributed by atoms with Gasteiger partial charge in [0.15, 0.2) is 0 Å². The van der Waals surface area contributed by atoms with E-state index in [0.717, 1.165) is 12.1 Å². The highest BCUT2D eigenvalue weighted by molar-refractivity contribution is 5.95. The first kappa shape index (κ1) is 19.2. The molecule has 138 valence electrons. The van der Waals surface area contributed by atoms with Crippen LogP contribution in [0.1, 0.15) is 29.6 Å². The molecule has 2 rings (SSSR count). The Morgan fingerprint density at radius 2 is 1.96 bits per heavy atom. The van der Waals surface area contributed by atoms with Crippen LogP contribution in [-0.2, 0) is 4.79 Å². The average Bonchev–Trinajstić information content (AvgIpc) is 2.58. The van der Waals surface area contributed by atoms with Gasteiger partial charge in [0.05, 0.1) is 0 Å². The molecule has 1 aliphatic rings. The Morgan fingerprint density at radius 1 is 1.24 bits per heavy atom. The van der Waals surface area contributed by atoms with E-state index in [1.807, 2.05) is 62.3 Å². The van der Waals surface area contributed by atoms with Crippen molar-refractivity contribution in [3.05, 3.63) is 29.8 Å². The van der Waals surface area contributed by atoms with E-state index in [-0.39, 0.29) is 18.2 Å². The van der Waals surface area contributed by atoms with E-state index in [4.69, 9.17) is 5.11 Å². The van der Waals surface area contributed by atoms with Gasteiger partial charge in [-0.15, -0.1) is 0 Å². The smallest absolute Gasteiger partial charge is 0.303 e. The highest BCUT2D eigenvalue weighted by Crippen LogP contribution is 2.26. The van der Waals surface area contributed by atoms with Crippen molar-refractivity contribution in [1.29, 1.82) is 0 Å². The highest BCUT2D eigenvalue weighted by atomic mass is 16.4. The largest absolute Gasteiger partial charge is 0.481 e. The summed E-state index contributed by atoms with van der Waals surface area (Å²) in [4.78, 5) is 29.9. The Hall–Kier alpha value is -2.08. The van der Waals surface area contributed by atoms with Gasteiger partial charge in [-0.3, -0.25) is 9.59 Å². The second kappa shape index (κ2) is 8.34. The van der Waals surface area contributed by atoms with Crippen molar-refractivity contribution in [2.75, 3.05) is 46.2 Å². The molecule has 0 aliphatic carbocycles. The van der Waals surface area contributed by atoms with E-state index in [9.17, 15) is 9.59 Å². The molecule has 1 aliphatic heterocycles. The van der Waals surface area contributed by atoms with Crippen LogP contribution >= 0.6 is 0 Å². The maximum atomic E-state index is 12.9. The quantitative estimate of drug-likeness (QED) is 0.853. The zero-order chi connectivity index (χ0) is 18.6. The van der Waals surface area contributed by atoms with E-state index < -0.39 is 5.97 Å². The molecule has 0 saturated carbocycles. The molecule has 25 heavy (non-hydrogen) atoms. The fourth-order valence-electron chi connectivity index (χ4n) is 3.58. The molecule has 0 bridgehead atoms. The van der Waals surface area contributed by atoms with Gasteiger partial charge in [0, 0.05) is 50.9 Å². The van der Waals surface area contributed by atoms with Gasteiger partial charge in [-0.2, -0.15) is 0 Å². The van der Waals surface area contributed by atoms with Gasteiger partial charge in [-0.05, 0) is 51.1 Å². The predicted molar refractivity (Wildman–Crippen MR) is 99.1 cm³/mol. The number of hydrogen-bond donors (Lipinski definition) is 1. The lowest BCUT2D eigenvalue weighted by Crippen LogP contribution is -2.50. The highest BCUT2D eigenvalue weighted by Gasteiger charge is 2.33. The van der Waals surface area contributed by atoms with Crippen molar-refractivity contribution in [1.82, 2.24) is 9.80 Å². The molecule has 6 heteroatoms. The van der Waals surface area contributed by atoms with Gasteiger partial charge in [0.1, 0.15) is 0 Å². The molecule has 1 aromatic rings. The minimum Gasteiger partial charge on any atom is -0.481 e. The van der Waals surface area contributed by atoms with E-state index in [1.165, 1.54) is 0 Å². The summed E-state index contributed by atoms with van der Waals surface area (Å²) >= 11 is 0. The summed E-state index contributed by atoms with van der Waals surface area (Å²) in [6.07, 6.45) is 1.61. The minimum absolute atomic E-state index is 0.0289. The van der Waals surface area contributed by atoms with Crippen molar-refractivity contribution >= 4 is 17.6 Å². The van der Waals surface area contributed by atoms with Crippen molar-refractivity contribution in [2.24, 2.45) is 5.92 Å². The maximum Gasteiger partial charge on any atom is 0.303 e. The molecule has 1 fully saturated rings. The number of carboxylic acid groups (broad SMARTS) is 1. The van der Waals surface area contributed by atoms with Crippen LogP contribution in [0.15, 0.2) is 24.3 Å². The predicted octanol–water partition coefficient (Wildman–Crippen LogP) is 2.01. The summed E-state index contributed by atoms with van der Waals surface area (Å²) in [5.74, 6) is -0.568. The molecule has 1 saturated heterocycles. The zero-order valence-corrected chi connectivity index (χ0v) is 15.6. The van der Waals surface area contributed by atoms with Crippen LogP contribution in [0, 0.1) is 5.92 Å². The molecule has 1 amide bonds. The molecule has 2 atom stereocenters. The Balaban J connectivity index is 2.12. The number of piperidine rings is 1. The summed E-state index contributed by atoms with van der Waals surface area (Å²) in [6.45, 7) is 1.32. The lowest BCUT2D eigenvalue weighted by molar-refractivity contribution is -0.137. The van der Waals surface area contributed by atoms with E-state index in [1.54, 1.807) is 0 Å². The number of likely N-dealkylation sites (tertiary alicyclic amines) is 1. The van der Waals surface area contributed by atoms with Gasteiger partial charge in [-0.25, -0.2) is 0 Å². The number of hydrogen-bond acceptors (Lipinski definition) is 4. The molecule has 0 spiro atoms. The standard InChI is InChI=1S/C19H29N3O3/c1-20(2)16-7-5-6-14(12-16)19(25)22-11-10-17(21(3)4)15(13-22)8-9-18(23)24/h5-7,12,15,17H,8-11,13H2,1-4H3,(H,23,24)/t15-,17+/m0/s1. The number of carbonyl (C=O) groups excluding carboxylic acids is 1. The Bertz CT molecular complexity index is 616. The lowest BCUT2D eigenvalue weighted by Gasteiger charge is -2.41. The van der Waals surface area contributed by atoms with Gasteiger partial charge >= 0.3 is 5.97 Å². The maximum absolute atomic E-state index is 12.9. The summed E-state index contributed by atoms with van der Waals surface area (Å²) in [5, 5.41) is 9.01. The van der Waals surface area contributed by atoms with Gasteiger partial charge in [-0.1, -0.05) is 6.07 Å². The molecule has 0 aromatic heterocycles. The fraction of sp³-hybridized carbons (Fsp3) is 0.579. The van der Waals surface area contributed by atoms with Crippen molar-refractivity contribution in [3.63, 3.8) is 0 Å². The molecular formula is C19H29N3O3. The zero-order valence-electron chi connectivity index (χ0n) is 15.6. The number of nitrogens with zero attached hydrogens (tertiary/aromatic N) is 3. The third-order valence-corrected chi connectivity index (χ3v) is 4.98. The van der Waals surface area contributed by atoms with Crippen LogP contribution in [0.4, 0.5) is 5.69 Å². The van der Waals surface area contributed by atoms with Crippen LogP contribution in [0.5, 0.6) is 0 Å². The topological polar surface area (TPSA) is 64.1 Å². The number of carbonyl (C=O) groups is 2. The molecule has 1 heterocycles. The van der Waals surface area contributed by atoms with E-state index in [2.05, 4.69) is 4.90 Å². The second-order valence-electron chi connectivity index (χ2n) is 7.21. The van der Waals surface area contributed by atoms with Crippen LogP contribution in [-0.4, -0.2) is 74.1 Å². The summed E-state index contributed by atoms with van der Waals surface area (Å²) in [5.41, 5.74) is 1.68. The number of rotatable bonds is 6. The van der Waals surface area contributed by atoms with Gasteiger partial charge in [0.2, 0.25) is 0 Å². The number of carboxylic acids is 1. The average molecular weight is 347 g/mol. The molecule has 0 unspecified atom stereocenters. The molecule has 6 nitrogen and oxygen atoms in total. The first-order chi connectivity index (χ1) is 11.8. The molecular weight excluding hydrogens is 318 g/mol. The summed E-state index contributed by atoms with van der Waals surface area (Å²) < 4.78 is 0. The van der Waals surface area contributed by atoms with E-state index >= 15 is 0 Å². The fourth-order valence-corrected chi connectivity index (χ4v) is 3.58. The Morgan fingerprint density at radius 3 is 2.56 bits per heavy atom. The SMILES string of the molecule is CN(C)c1cccc(C(=O)N2CC[C@@H](N(C)C)[C@@H](CCC(=O)O)C2)c1. The van der Waals surface area contributed by atoms with Crippen LogP contribution in [0.25, 0.3) is 0 Å². The van der Waals surface area contributed by atoms with Gasteiger partial charge in [0.25, 0.3) is 5.91 Å². The lowest BCUT2D eigenvalue weighted by atomic mass is 9.87. The summed E-state index contributed by atoms with van der Waals surface area (Å²) in [6, 6.07) is 7.95. The van der Waals surface area contributed by atoms with Crippen LogP contribution < -0.4 is 4.90 Å². The third-order valence-electron chi connectivity index (χ3n) is 4.98. The normalized spacial score (nSPS) is 20.6. The van der Waals surface area contributed by atoms with Crippen molar-refractivity contribution in [3.8, 4) is 0 Å². The summed E-state index contributed by atoms with van der Waals surface area (Å²) in [7, 11) is 7.95. The third kappa shape index (κ3) is 4.95. The van der Waals surface area contributed by atoms with E-state index in [0.29, 0.717) is 31.1 Å². The van der Waals surface area contributed by atoms with Gasteiger partial charge < -0.3 is 19.8 Å². The first-order valence-electron chi connectivity index (χ1n) is 8.74. The van der Waals surface area contributed by atoms with Crippen molar-refractivity contribution in [2.45, 2.75) is 25.3 Å². The molecule has 1 aromatic carbocycles. The Labute approximate surface area is 150 Å². The Kier molecular flexibility index (Phi) is 6.42. The van der Waals surface area contributed by atoms with Crippen LogP contribution in [0.3, 0.4) is 0 Å². The number of anilines is 1.